The van der Waals surface area contributed by atoms with Crippen molar-refractivity contribution in [2.45, 2.75) is 4.90 Å². The van der Waals surface area contributed by atoms with E-state index in [1.54, 1.807) is 6.07 Å². The third-order valence-corrected chi connectivity index (χ3v) is 5.24. The van der Waals surface area contributed by atoms with Gasteiger partial charge in [-0.25, -0.2) is 26.9 Å². The van der Waals surface area contributed by atoms with Crippen LogP contribution in [-0.2, 0) is 10.0 Å². The molecule has 0 amide bonds. The third-order valence-electron chi connectivity index (χ3n) is 3.77. The second kappa shape index (κ2) is 6.77. The van der Waals surface area contributed by atoms with Crippen molar-refractivity contribution in [2.24, 2.45) is 0 Å². The number of nitrogen functional groups attached to an aromatic ring is 1. The summed E-state index contributed by atoms with van der Waals surface area (Å²) in [5.74, 6) is -2.18. The summed E-state index contributed by atoms with van der Waals surface area (Å²) in [6.45, 7) is 0. The summed E-state index contributed by atoms with van der Waals surface area (Å²) in [6.07, 6.45) is 2.46. The van der Waals surface area contributed by atoms with Gasteiger partial charge in [-0.3, -0.25) is 4.98 Å². The minimum atomic E-state index is -3.85. The SMILES string of the molecule is CNS(=O)(=O)c1ccccc1-c1ccc(-c2cnc(N)cn2)c(F)c1F. The van der Waals surface area contributed by atoms with Gasteiger partial charge in [0.1, 0.15) is 5.82 Å². The van der Waals surface area contributed by atoms with Crippen molar-refractivity contribution in [3.8, 4) is 22.4 Å². The van der Waals surface area contributed by atoms with Crippen molar-refractivity contribution in [1.82, 2.24) is 14.7 Å². The molecule has 6 nitrogen and oxygen atoms in total. The van der Waals surface area contributed by atoms with E-state index in [1.807, 2.05) is 0 Å². The summed E-state index contributed by atoms with van der Waals surface area (Å²) >= 11 is 0. The van der Waals surface area contributed by atoms with Crippen LogP contribution in [0.3, 0.4) is 0 Å². The molecule has 0 saturated heterocycles. The highest BCUT2D eigenvalue weighted by atomic mass is 32.2. The van der Waals surface area contributed by atoms with Crippen molar-refractivity contribution >= 4 is 15.8 Å². The number of nitrogens with one attached hydrogen (secondary N) is 1. The van der Waals surface area contributed by atoms with Crippen LogP contribution in [0.4, 0.5) is 14.6 Å². The Labute approximate surface area is 148 Å². The summed E-state index contributed by atoms with van der Waals surface area (Å²) < 4.78 is 55.8. The molecule has 0 aliphatic rings. The predicted molar refractivity (Wildman–Crippen MR) is 93.5 cm³/mol. The molecule has 1 heterocycles. The lowest BCUT2D eigenvalue weighted by molar-refractivity contribution is 0.513. The van der Waals surface area contributed by atoms with Crippen molar-refractivity contribution < 1.29 is 17.2 Å². The number of rotatable bonds is 4. The first-order valence-electron chi connectivity index (χ1n) is 7.44. The van der Waals surface area contributed by atoms with Gasteiger partial charge in [0, 0.05) is 16.7 Å². The zero-order valence-electron chi connectivity index (χ0n) is 13.6. The Morgan fingerprint density at radius 2 is 1.58 bits per heavy atom. The van der Waals surface area contributed by atoms with Gasteiger partial charge in [0.15, 0.2) is 11.6 Å². The molecule has 9 heteroatoms. The van der Waals surface area contributed by atoms with Gasteiger partial charge in [0.2, 0.25) is 10.0 Å². The van der Waals surface area contributed by atoms with Crippen LogP contribution in [0.25, 0.3) is 22.4 Å². The fourth-order valence-electron chi connectivity index (χ4n) is 2.47. The Hall–Kier alpha value is -2.91. The zero-order chi connectivity index (χ0) is 18.9. The van der Waals surface area contributed by atoms with Crippen LogP contribution in [0.15, 0.2) is 53.7 Å². The first-order chi connectivity index (χ1) is 12.3. The second-order valence-electron chi connectivity index (χ2n) is 5.32. The normalized spacial score (nSPS) is 11.5. The summed E-state index contributed by atoms with van der Waals surface area (Å²) in [6, 6.07) is 8.39. The quantitative estimate of drug-likeness (QED) is 0.729. The number of sulfonamides is 1. The van der Waals surface area contributed by atoms with Crippen LogP contribution in [0.1, 0.15) is 0 Å². The van der Waals surface area contributed by atoms with E-state index in [0.717, 1.165) is 0 Å². The van der Waals surface area contributed by atoms with Gasteiger partial charge >= 0.3 is 0 Å². The van der Waals surface area contributed by atoms with E-state index in [9.17, 15) is 17.2 Å². The number of anilines is 1. The van der Waals surface area contributed by atoms with Crippen molar-refractivity contribution in [3.63, 3.8) is 0 Å². The number of nitrogens with zero attached hydrogens (tertiary/aromatic N) is 2. The highest BCUT2D eigenvalue weighted by Crippen LogP contribution is 2.33. The van der Waals surface area contributed by atoms with Crippen molar-refractivity contribution in [2.75, 3.05) is 12.8 Å². The summed E-state index contributed by atoms with van der Waals surface area (Å²) in [7, 11) is -2.61. The van der Waals surface area contributed by atoms with Crippen LogP contribution in [0.2, 0.25) is 0 Å². The minimum Gasteiger partial charge on any atom is -0.382 e. The molecule has 3 rings (SSSR count). The van der Waals surface area contributed by atoms with Crippen LogP contribution >= 0.6 is 0 Å². The lowest BCUT2D eigenvalue weighted by atomic mass is 10.0. The highest BCUT2D eigenvalue weighted by Gasteiger charge is 2.22. The number of halogens is 2. The Balaban J connectivity index is 2.18. The van der Waals surface area contributed by atoms with E-state index < -0.39 is 21.7 Å². The Morgan fingerprint density at radius 3 is 2.23 bits per heavy atom. The topological polar surface area (TPSA) is 98.0 Å². The van der Waals surface area contributed by atoms with Crippen molar-refractivity contribution in [1.29, 1.82) is 0 Å². The maximum atomic E-state index is 14.7. The molecule has 3 N–H and O–H groups in total. The van der Waals surface area contributed by atoms with E-state index >= 15 is 0 Å². The monoisotopic (exact) mass is 376 g/mol. The van der Waals surface area contributed by atoms with E-state index in [4.69, 9.17) is 5.73 Å². The highest BCUT2D eigenvalue weighted by molar-refractivity contribution is 7.89. The molecular formula is C17H14F2N4O2S. The van der Waals surface area contributed by atoms with Crippen molar-refractivity contribution in [3.05, 3.63) is 60.4 Å². The molecule has 0 aliphatic carbocycles. The fourth-order valence-corrected chi connectivity index (χ4v) is 3.41. The van der Waals surface area contributed by atoms with E-state index in [-0.39, 0.29) is 33.1 Å². The molecule has 0 spiro atoms. The average Bonchev–Trinajstić information content (AvgIpc) is 2.65. The van der Waals surface area contributed by atoms with E-state index in [2.05, 4.69) is 14.7 Å². The molecule has 0 saturated carbocycles. The third kappa shape index (κ3) is 3.14. The molecular weight excluding hydrogens is 362 g/mol. The number of aromatic nitrogens is 2. The Morgan fingerprint density at radius 1 is 0.923 bits per heavy atom. The molecule has 0 unspecified atom stereocenters. The molecule has 0 fully saturated rings. The molecule has 26 heavy (non-hydrogen) atoms. The molecule has 0 bridgehead atoms. The molecule has 3 aromatic rings. The molecule has 134 valence electrons. The maximum Gasteiger partial charge on any atom is 0.240 e. The summed E-state index contributed by atoms with van der Waals surface area (Å²) in [5, 5.41) is 0. The summed E-state index contributed by atoms with van der Waals surface area (Å²) in [5.41, 5.74) is 5.32. The molecule has 0 atom stereocenters. The standard InChI is InChI=1S/C17H14F2N4O2S/c1-21-26(24,25)14-5-3-2-4-10(14)11-6-7-12(17(19)16(11)18)13-8-23-15(20)9-22-13/h2-9,21H,1H3,(H2,20,23). The van der Waals surface area contributed by atoms with Gasteiger partial charge in [0.05, 0.1) is 23.0 Å². The zero-order valence-corrected chi connectivity index (χ0v) is 14.4. The van der Waals surface area contributed by atoms with Gasteiger partial charge in [-0.2, -0.15) is 0 Å². The molecule has 0 aliphatic heterocycles. The lowest BCUT2D eigenvalue weighted by Crippen LogP contribution is -2.19. The number of nitrogens with two attached hydrogens (primary N) is 1. The fraction of sp³-hybridized carbons (Fsp3) is 0.0588. The van der Waals surface area contributed by atoms with E-state index in [0.29, 0.717) is 0 Å². The van der Waals surface area contributed by atoms with Gasteiger partial charge in [0.25, 0.3) is 0 Å². The van der Waals surface area contributed by atoms with E-state index in [1.165, 1.54) is 49.8 Å². The first kappa shape index (κ1) is 17.9. The maximum absolute atomic E-state index is 14.7. The van der Waals surface area contributed by atoms with Gasteiger partial charge in [-0.05, 0) is 19.2 Å². The Bertz CT molecular complexity index is 1070. The first-order valence-corrected chi connectivity index (χ1v) is 8.92. The summed E-state index contributed by atoms with van der Waals surface area (Å²) in [4.78, 5) is 7.57. The van der Waals surface area contributed by atoms with Gasteiger partial charge in [-0.1, -0.05) is 24.3 Å². The van der Waals surface area contributed by atoms with Crippen LogP contribution in [-0.4, -0.2) is 25.4 Å². The molecule has 0 radical (unpaired) electrons. The number of benzene rings is 2. The smallest absolute Gasteiger partial charge is 0.240 e. The molecule has 1 aromatic heterocycles. The van der Waals surface area contributed by atoms with Crippen LogP contribution < -0.4 is 10.5 Å². The second-order valence-corrected chi connectivity index (χ2v) is 7.17. The molecule has 2 aromatic carbocycles. The number of hydrogen-bond donors (Lipinski definition) is 2. The van der Waals surface area contributed by atoms with Gasteiger partial charge in [-0.15, -0.1) is 0 Å². The van der Waals surface area contributed by atoms with Gasteiger partial charge < -0.3 is 5.73 Å². The predicted octanol–water partition coefficient (Wildman–Crippen LogP) is 2.58. The Kier molecular flexibility index (Phi) is 4.66. The minimum absolute atomic E-state index is 0.0493. The average molecular weight is 376 g/mol. The lowest BCUT2D eigenvalue weighted by Gasteiger charge is -2.12. The number of hydrogen-bond acceptors (Lipinski definition) is 5. The van der Waals surface area contributed by atoms with Crippen LogP contribution in [0, 0.1) is 11.6 Å². The largest absolute Gasteiger partial charge is 0.382 e. The van der Waals surface area contributed by atoms with Crippen LogP contribution in [0.5, 0.6) is 0 Å².